The van der Waals surface area contributed by atoms with Crippen LogP contribution in [0.1, 0.15) is 38.5 Å². The molecule has 18 heavy (non-hydrogen) atoms. The van der Waals surface area contributed by atoms with E-state index in [1.165, 1.54) is 32.1 Å². The van der Waals surface area contributed by atoms with Crippen LogP contribution in [0.3, 0.4) is 0 Å². The summed E-state index contributed by atoms with van der Waals surface area (Å²) in [5.74, 6) is 3.98. The Bertz CT molecular complexity index is 326. The topological polar surface area (TPSA) is 41.5 Å². The second-order valence-electron chi connectivity index (χ2n) is 7.17. The predicted molar refractivity (Wildman–Crippen MR) is 69.2 cm³/mol. The minimum Gasteiger partial charge on any atom is -0.386 e. The van der Waals surface area contributed by atoms with Crippen molar-refractivity contribution in [1.29, 1.82) is 0 Å². The van der Waals surface area contributed by atoms with Crippen molar-refractivity contribution in [1.82, 2.24) is 5.32 Å². The lowest BCUT2D eigenvalue weighted by molar-refractivity contribution is 0.0214. The molecular formula is C15H25NO2. The summed E-state index contributed by atoms with van der Waals surface area (Å²) in [4.78, 5) is 0. The number of aliphatic hydroxyl groups is 1. The van der Waals surface area contributed by atoms with Crippen LogP contribution in [0, 0.1) is 23.7 Å². The summed E-state index contributed by atoms with van der Waals surface area (Å²) in [6.45, 7) is 1.98. The molecule has 6 atom stereocenters. The molecule has 0 spiro atoms. The zero-order valence-corrected chi connectivity index (χ0v) is 11.1. The van der Waals surface area contributed by atoms with Gasteiger partial charge in [0.15, 0.2) is 0 Å². The van der Waals surface area contributed by atoms with Gasteiger partial charge in [-0.05, 0) is 49.4 Å². The molecule has 4 fully saturated rings. The Labute approximate surface area is 109 Å². The van der Waals surface area contributed by atoms with Crippen LogP contribution in [0.4, 0.5) is 0 Å². The minimum absolute atomic E-state index is 0.521. The van der Waals surface area contributed by atoms with Crippen molar-refractivity contribution < 1.29 is 9.84 Å². The van der Waals surface area contributed by atoms with Crippen molar-refractivity contribution in [2.75, 3.05) is 19.8 Å². The lowest BCUT2D eigenvalue weighted by Crippen LogP contribution is -2.48. The van der Waals surface area contributed by atoms with Crippen LogP contribution in [-0.2, 0) is 4.74 Å². The Hall–Kier alpha value is -0.120. The summed E-state index contributed by atoms with van der Waals surface area (Å²) in [5, 5.41) is 14.0. The lowest BCUT2D eigenvalue weighted by atomic mass is 9.79. The van der Waals surface area contributed by atoms with E-state index in [0.29, 0.717) is 12.6 Å². The fourth-order valence-electron chi connectivity index (χ4n) is 5.36. The van der Waals surface area contributed by atoms with Crippen molar-refractivity contribution in [2.45, 2.75) is 50.2 Å². The van der Waals surface area contributed by atoms with Gasteiger partial charge in [-0.25, -0.2) is 0 Å². The summed E-state index contributed by atoms with van der Waals surface area (Å²) in [6.07, 6.45) is 8.05. The Morgan fingerprint density at radius 1 is 1.17 bits per heavy atom. The highest BCUT2D eigenvalue weighted by molar-refractivity contribution is 5.06. The fourth-order valence-corrected chi connectivity index (χ4v) is 5.36. The van der Waals surface area contributed by atoms with Crippen molar-refractivity contribution in [3.63, 3.8) is 0 Å². The number of hydrogen-bond donors (Lipinski definition) is 2. The minimum atomic E-state index is -0.586. The molecular weight excluding hydrogens is 226 g/mol. The maximum atomic E-state index is 10.3. The molecule has 6 unspecified atom stereocenters. The van der Waals surface area contributed by atoms with Crippen molar-refractivity contribution in [2.24, 2.45) is 23.7 Å². The Morgan fingerprint density at radius 2 is 2.06 bits per heavy atom. The summed E-state index contributed by atoms with van der Waals surface area (Å²) >= 11 is 0. The van der Waals surface area contributed by atoms with Crippen molar-refractivity contribution in [3.05, 3.63) is 0 Å². The van der Waals surface area contributed by atoms with Crippen LogP contribution in [0.5, 0.6) is 0 Å². The molecule has 102 valence electrons. The normalized spacial score (nSPS) is 54.2. The smallest absolute Gasteiger partial charge is 0.102 e. The van der Waals surface area contributed by atoms with Crippen LogP contribution in [0.15, 0.2) is 0 Å². The van der Waals surface area contributed by atoms with E-state index in [0.717, 1.165) is 43.2 Å². The maximum absolute atomic E-state index is 10.3. The first-order valence-corrected chi connectivity index (χ1v) is 7.79. The van der Waals surface area contributed by atoms with Crippen LogP contribution in [0.2, 0.25) is 0 Å². The van der Waals surface area contributed by atoms with Gasteiger partial charge in [0, 0.05) is 25.6 Å². The van der Waals surface area contributed by atoms with E-state index >= 15 is 0 Å². The number of hydrogen-bond acceptors (Lipinski definition) is 3. The highest BCUT2D eigenvalue weighted by atomic mass is 16.5. The molecule has 3 heteroatoms. The van der Waals surface area contributed by atoms with E-state index < -0.39 is 5.60 Å². The van der Waals surface area contributed by atoms with E-state index in [2.05, 4.69) is 5.32 Å². The molecule has 1 heterocycles. The van der Waals surface area contributed by atoms with Gasteiger partial charge in [-0.2, -0.15) is 0 Å². The van der Waals surface area contributed by atoms with Crippen LogP contribution >= 0.6 is 0 Å². The van der Waals surface area contributed by atoms with Crippen molar-refractivity contribution >= 4 is 0 Å². The summed E-state index contributed by atoms with van der Waals surface area (Å²) in [5.41, 5.74) is -0.586. The molecule has 4 rings (SSSR count). The third-order valence-corrected chi connectivity index (χ3v) is 6.20. The zero-order chi connectivity index (χ0) is 12.2. The van der Waals surface area contributed by atoms with Crippen LogP contribution < -0.4 is 5.32 Å². The standard InChI is InChI=1S/C15H25NO2/c17-15(4-5-18-9-15)8-16-14-7-10-6-13(14)12-3-1-2-11(10)12/h10-14,16-17H,1-9H2. The van der Waals surface area contributed by atoms with Gasteiger partial charge in [0.2, 0.25) is 0 Å². The summed E-state index contributed by atoms with van der Waals surface area (Å²) < 4.78 is 5.32. The molecule has 3 aliphatic carbocycles. The molecule has 0 aromatic heterocycles. The molecule has 0 aromatic carbocycles. The molecule has 1 saturated heterocycles. The van der Waals surface area contributed by atoms with Gasteiger partial charge < -0.3 is 15.2 Å². The third kappa shape index (κ3) is 1.75. The van der Waals surface area contributed by atoms with E-state index in [-0.39, 0.29) is 0 Å². The molecule has 2 bridgehead atoms. The fraction of sp³-hybridized carbons (Fsp3) is 1.00. The lowest BCUT2D eigenvalue weighted by Gasteiger charge is -2.34. The summed E-state index contributed by atoms with van der Waals surface area (Å²) in [6, 6.07) is 0.680. The summed E-state index contributed by atoms with van der Waals surface area (Å²) in [7, 11) is 0. The monoisotopic (exact) mass is 251 g/mol. The first-order valence-electron chi connectivity index (χ1n) is 7.79. The van der Waals surface area contributed by atoms with Gasteiger partial charge >= 0.3 is 0 Å². The Morgan fingerprint density at radius 3 is 2.89 bits per heavy atom. The molecule has 2 N–H and O–H groups in total. The molecule has 3 saturated carbocycles. The molecule has 0 radical (unpaired) electrons. The van der Waals surface area contributed by atoms with E-state index in [9.17, 15) is 5.11 Å². The molecule has 3 nitrogen and oxygen atoms in total. The van der Waals surface area contributed by atoms with Gasteiger partial charge in [-0.3, -0.25) is 0 Å². The van der Waals surface area contributed by atoms with Gasteiger partial charge in [0.1, 0.15) is 5.60 Å². The van der Waals surface area contributed by atoms with E-state index in [1.807, 2.05) is 0 Å². The molecule has 4 aliphatic rings. The van der Waals surface area contributed by atoms with Gasteiger partial charge in [-0.1, -0.05) is 6.42 Å². The maximum Gasteiger partial charge on any atom is 0.102 e. The largest absolute Gasteiger partial charge is 0.386 e. The Kier molecular flexibility index (Phi) is 2.72. The van der Waals surface area contributed by atoms with E-state index in [1.54, 1.807) is 0 Å². The number of nitrogens with one attached hydrogen (secondary N) is 1. The Balaban J connectivity index is 1.37. The molecule has 0 aromatic rings. The second-order valence-corrected chi connectivity index (χ2v) is 7.17. The first-order chi connectivity index (χ1) is 8.75. The average Bonchev–Trinajstić information content (AvgIpc) is 3.08. The number of fused-ring (bicyclic) bond motifs is 5. The highest BCUT2D eigenvalue weighted by Gasteiger charge is 2.53. The molecule has 0 amide bonds. The van der Waals surface area contributed by atoms with Gasteiger partial charge in [0.05, 0.1) is 6.61 Å². The zero-order valence-electron chi connectivity index (χ0n) is 11.1. The average molecular weight is 251 g/mol. The predicted octanol–water partition coefficient (Wildman–Crippen LogP) is 1.55. The SMILES string of the molecule is OC1(CNC2CC3CC2C2CCCC32)CCOC1. The first kappa shape index (κ1) is 11.7. The molecule has 1 aliphatic heterocycles. The highest BCUT2D eigenvalue weighted by Crippen LogP contribution is 2.58. The van der Waals surface area contributed by atoms with Crippen molar-refractivity contribution in [3.8, 4) is 0 Å². The van der Waals surface area contributed by atoms with E-state index in [4.69, 9.17) is 4.74 Å². The number of rotatable bonds is 3. The van der Waals surface area contributed by atoms with Crippen LogP contribution in [0.25, 0.3) is 0 Å². The van der Waals surface area contributed by atoms with Gasteiger partial charge in [0.25, 0.3) is 0 Å². The third-order valence-electron chi connectivity index (χ3n) is 6.20. The quantitative estimate of drug-likeness (QED) is 0.799. The van der Waals surface area contributed by atoms with Crippen LogP contribution in [-0.4, -0.2) is 36.5 Å². The number of ether oxygens (including phenoxy) is 1. The second kappa shape index (κ2) is 4.19. The van der Waals surface area contributed by atoms with Gasteiger partial charge in [-0.15, -0.1) is 0 Å².